The van der Waals surface area contributed by atoms with E-state index in [1.165, 1.54) is 19.3 Å². The van der Waals surface area contributed by atoms with Crippen molar-refractivity contribution in [2.45, 2.75) is 99.2 Å². The first-order chi connectivity index (χ1) is 12.3. The highest BCUT2D eigenvalue weighted by molar-refractivity contribution is 6.74. The van der Waals surface area contributed by atoms with Crippen LogP contribution in [0.2, 0.25) is 18.1 Å². The normalized spacial score (nSPS) is 35.0. The van der Waals surface area contributed by atoms with Crippen LogP contribution in [0.15, 0.2) is 0 Å². The average molecular weight is 395 g/mol. The van der Waals surface area contributed by atoms with Gasteiger partial charge in [0.2, 0.25) is 0 Å². The van der Waals surface area contributed by atoms with Crippen LogP contribution >= 0.6 is 0 Å². The van der Waals surface area contributed by atoms with Crippen molar-refractivity contribution in [2.75, 3.05) is 6.61 Å². The summed E-state index contributed by atoms with van der Waals surface area (Å²) in [5.74, 6) is 3.81. The molecule has 0 bridgehead atoms. The highest BCUT2D eigenvalue weighted by Gasteiger charge is 2.55. The van der Waals surface area contributed by atoms with Gasteiger partial charge in [-0.25, -0.2) is 0 Å². The third-order valence-corrected chi connectivity index (χ3v) is 14.0. The lowest BCUT2D eigenvalue weighted by Gasteiger charge is -2.50. The molecule has 5 atom stereocenters. The zero-order valence-electron chi connectivity index (χ0n) is 19.8. The summed E-state index contributed by atoms with van der Waals surface area (Å²) >= 11 is 0. The van der Waals surface area contributed by atoms with Crippen molar-refractivity contribution < 1.29 is 9.22 Å². The first-order valence-electron chi connectivity index (χ1n) is 11.4. The van der Waals surface area contributed by atoms with E-state index in [4.69, 9.17) is 4.43 Å². The minimum absolute atomic E-state index is 0.209. The fraction of sp³-hybridized carbons (Fsp3) is 0.958. The number of carbonyl (C=O) groups is 1. The van der Waals surface area contributed by atoms with E-state index in [2.05, 4.69) is 61.6 Å². The van der Waals surface area contributed by atoms with Gasteiger partial charge in [-0.1, -0.05) is 48.5 Å². The van der Waals surface area contributed by atoms with Gasteiger partial charge < -0.3 is 4.43 Å². The molecule has 2 aliphatic carbocycles. The van der Waals surface area contributed by atoms with Crippen molar-refractivity contribution in [1.82, 2.24) is 0 Å². The summed E-state index contributed by atoms with van der Waals surface area (Å²) in [4.78, 5) is 12.5. The van der Waals surface area contributed by atoms with Crippen molar-refractivity contribution >= 4 is 14.1 Å². The third kappa shape index (κ3) is 4.10. The van der Waals surface area contributed by atoms with Gasteiger partial charge in [0.25, 0.3) is 0 Å². The number of hydrogen-bond donors (Lipinski definition) is 0. The first-order valence-corrected chi connectivity index (χ1v) is 14.3. The molecule has 2 rings (SSSR count). The smallest absolute Gasteiger partial charge is 0.192 e. The maximum atomic E-state index is 12.5. The zero-order valence-corrected chi connectivity index (χ0v) is 20.8. The van der Waals surface area contributed by atoms with Gasteiger partial charge in [-0.05, 0) is 85.7 Å². The Kier molecular flexibility index (Phi) is 6.80. The van der Waals surface area contributed by atoms with Gasteiger partial charge in [-0.3, -0.25) is 4.79 Å². The number of Topliss-reactive ketones (excluding diaryl/α,β-unsaturated/α-hetero) is 1. The van der Waals surface area contributed by atoms with Gasteiger partial charge >= 0.3 is 0 Å². The molecule has 2 fully saturated rings. The van der Waals surface area contributed by atoms with E-state index in [1.807, 2.05) is 6.92 Å². The number of hydrogen-bond acceptors (Lipinski definition) is 2. The Balaban J connectivity index is 2.24. The third-order valence-electron chi connectivity index (χ3n) is 9.47. The molecule has 0 aliphatic heterocycles. The molecule has 0 N–H and O–H groups in total. The van der Waals surface area contributed by atoms with Crippen molar-refractivity contribution in [3.05, 3.63) is 0 Å². The standard InChI is InChI=1S/C24H46O2Si/c1-16(2)21-11-12-22-20(19(18(5)25)13-14-24(21,22)8)15-26-27(9,10)23(6,7)17(3)4/h16-17,19-22H,11-15H2,1-10H3/t19-,20-,21-,22?,24-/m1/s1. The van der Waals surface area contributed by atoms with Gasteiger partial charge in [0, 0.05) is 12.5 Å². The summed E-state index contributed by atoms with van der Waals surface area (Å²) < 4.78 is 6.81. The van der Waals surface area contributed by atoms with Gasteiger partial charge in [-0.15, -0.1) is 0 Å². The van der Waals surface area contributed by atoms with Crippen LogP contribution in [0, 0.1) is 40.9 Å². The lowest BCUT2D eigenvalue weighted by Crippen LogP contribution is -2.50. The molecule has 2 nitrogen and oxygen atoms in total. The molecule has 0 spiro atoms. The van der Waals surface area contributed by atoms with Crippen LogP contribution in [-0.4, -0.2) is 20.7 Å². The predicted molar refractivity (Wildman–Crippen MR) is 118 cm³/mol. The molecule has 1 unspecified atom stereocenters. The van der Waals surface area contributed by atoms with E-state index < -0.39 is 8.32 Å². The van der Waals surface area contributed by atoms with Crippen LogP contribution in [0.4, 0.5) is 0 Å². The van der Waals surface area contributed by atoms with Crippen molar-refractivity contribution in [3.8, 4) is 0 Å². The molecule has 0 heterocycles. The molecule has 0 amide bonds. The number of ketones is 1. The summed E-state index contributed by atoms with van der Waals surface area (Å²) in [6.45, 7) is 24.1. The Labute approximate surface area is 170 Å². The molecule has 2 saturated carbocycles. The van der Waals surface area contributed by atoms with Crippen molar-refractivity contribution in [3.63, 3.8) is 0 Å². The SMILES string of the molecule is CC(=O)[C@H]1CC[C@@]2(C)C(CC[C@@H]2C(C)C)[C@@H]1CO[Si](C)(C)C(C)(C)C(C)C. The molecule has 0 radical (unpaired) electrons. The molecule has 0 aromatic carbocycles. The van der Waals surface area contributed by atoms with E-state index in [9.17, 15) is 4.79 Å². The van der Waals surface area contributed by atoms with Gasteiger partial charge in [0.05, 0.1) is 0 Å². The molecule has 2 aliphatic rings. The first kappa shape index (κ1) is 23.1. The molecule has 0 aromatic rings. The largest absolute Gasteiger partial charge is 0.416 e. The number of rotatable bonds is 7. The Morgan fingerprint density at radius 2 is 1.74 bits per heavy atom. The van der Waals surface area contributed by atoms with E-state index in [-0.39, 0.29) is 11.0 Å². The molecule has 0 saturated heterocycles. The van der Waals surface area contributed by atoms with Crippen molar-refractivity contribution in [2.24, 2.45) is 40.9 Å². The Morgan fingerprint density at radius 3 is 2.22 bits per heavy atom. The highest BCUT2D eigenvalue weighted by Crippen LogP contribution is 2.61. The molecule has 27 heavy (non-hydrogen) atoms. The maximum absolute atomic E-state index is 12.5. The van der Waals surface area contributed by atoms with E-state index in [1.54, 1.807) is 0 Å². The van der Waals surface area contributed by atoms with E-state index in [0.717, 1.165) is 24.9 Å². The van der Waals surface area contributed by atoms with E-state index in [0.29, 0.717) is 29.0 Å². The highest BCUT2D eigenvalue weighted by atomic mass is 28.4. The number of fused-ring (bicyclic) bond motifs is 1. The fourth-order valence-electron chi connectivity index (χ4n) is 6.35. The summed E-state index contributed by atoms with van der Waals surface area (Å²) in [5, 5.41) is 0.229. The van der Waals surface area contributed by atoms with Gasteiger partial charge in [0.1, 0.15) is 5.78 Å². The lowest BCUT2D eigenvalue weighted by atomic mass is 9.56. The summed E-state index contributed by atoms with van der Waals surface area (Å²) in [6.07, 6.45) is 4.90. The molecular weight excluding hydrogens is 348 g/mol. The van der Waals surface area contributed by atoms with Crippen LogP contribution in [0.5, 0.6) is 0 Å². The predicted octanol–water partition coefficient (Wildman–Crippen LogP) is 6.95. The maximum Gasteiger partial charge on any atom is 0.192 e. The molecule has 158 valence electrons. The Morgan fingerprint density at radius 1 is 1.15 bits per heavy atom. The Hall–Kier alpha value is -0.153. The summed E-state index contributed by atoms with van der Waals surface area (Å²) in [7, 11) is -1.86. The molecular formula is C24H46O2Si. The zero-order chi connectivity index (χ0) is 20.8. The minimum atomic E-state index is -1.86. The fourth-order valence-corrected chi connectivity index (χ4v) is 8.72. The number of carbonyl (C=O) groups excluding carboxylic acids is 1. The van der Waals surface area contributed by atoms with Crippen LogP contribution in [0.1, 0.15) is 81.1 Å². The molecule has 3 heteroatoms. The summed E-state index contributed by atoms with van der Waals surface area (Å²) in [5.41, 5.74) is 0.396. The minimum Gasteiger partial charge on any atom is -0.416 e. The summed E-state index contributed by atoms with van der Waals surface area (Å²) in [6, 6.07) is 0. The van der Waals surface area contributed by atoms with Crippen LogP contribution in [0.3, 0.4) is 0 Å². The van der Waals surface area contributed by atoms with Crippen LogP contribution < -0.4 is 0 Å². The second-order valence-corrected chi connectivity index (χ2v) is 16.3. The monoisotopic (exact) mass is 394 g/mol. The lowest BCUT2D eigenvalue weighted by molar-refractivity contribution is -0.128. The van der Waals surface area contributed by atoms with Crippen molar-refractivity contribution in [1.29, 1.82) is 0 Å². The van der Waals surface area contributed by atoms with Gasteiger partial charge in [-0.2, -0.15) is 0 Å². The average Bonchev–Trinajstić information content (AvgIpc) is 2.89. The van der Waals surface area contributed by atoms with E-state index >= 15 is 0 Å². The van der Waals surface area contributed by atoms with Gasteiger partial charge in [0.15, 0.2) is 8.32 Å². The van der Waals surface area contributed by atoms with Crippen LogP contribution in [-0.2, 0) is 9.22 Å². The Bertz CT molecular complexity index is 536. The van der Waals surface area contributed by atoms with Crippen LogP contribution in [0.25, 0.3) is 0 Å². The topological polar surface area (TPSA) is 26.3 Å². The second-order valence-electron chi connectivity index (χ2n) is 11.7. The molecule has 0 aromatic heterocycles. The second kappa shape index (κ2) is 7.93. The quantitative estimate of drug-likeness (QED) is 0.437.